The second kappa shape index (κ2) is 8.05. The Balaban J connectivity index is 1.71. The van der Waals surface area contributed by atoms with Crippen molar-refractivity contribution < 1.29 is 29.4 Å². The van der Waals surface area contributed by atoms with E-state index in [0.717, 1.165) is 11.5 Å². The van der Waals surface area contributed by atoms with Gasteiger partial charge in [-0.2, -0.15) is 4.37 Å². The predicted octanol–water partition coefficient (Wildman–Crippen LogP) is -1.00. The first-order chi connectivity index (χ1) is 13.3. The van der Waals surface area contributed by atoms with E-state index in [0.29, 0.717) is 0 Å². The number of β-lactam (4-membered cyclic amide) rings is 1. The molecule has 14 heteroatoms. The van der Waals surface area contributed by atoms with Crippen LogP contribution in [0.4, 0.5) is 0 Å². The maximum Gasteiger partial charge on any atom is 0.325 e. The van der Waals surface area contributed by atoms with Crippen LogP contribution in [-0.2, 0) is 19.2 Å². The van der Waals surface area contributed by atoms with E-state index < -0.39 is 41.1 Å². The summed E-state index contributed by atoms with van der Waals surface area (Å²) in [5.41, 5.74) is 1.11. The van der Waals surface area contributed by atoms with E-state index >= 15 is 0 Å². The van der Waals surface area contributed by atoms with Gasteiger partial charge in [-0.3, -0.25) is 24.2 Å². The Labute approximate surface area is 171 Å². The molecule has 0 aliphatic carbocycles. The van der Waals surface area contributed by atoms with Crippen molar-refractivity contribution in [2.75, 3.05) is 25.1 Å². The standard InChI is InChI=1S/C14H15N5O6S3/c1-26-14(13(24)25)3-19-11(23)8(12(19)27-4-14)17-10(22)7(15-2-6(20)21)9-16-5-28-18-9/h5,8,12H,2-4H2,1H3,(H,17,22)(H,20,21)(H,24,25)/t8?,12-,14?/m1/s1. The maximum atomic E-state index is 12.6. The number of aliphatic carboxylic acids is 2. The second-order valence-electron chi connectivity index (χ2n) is 5.94. The average molecular weight is 446 g/mol. The lowest BCUT2D eigenvalue weighted by molar-refractivity contribution is -0.151. The number of nitrogens with one attached hydrogen (secondary N) is 1. The summed E-state index contributed by atoms with van der Waals surface area (Å²) in [5.74, 6) is -3.08. The molecule has 3 rings (SSSR count). The smallest absolute Gasteiger partial charge is 0.325 e. The number of nitrogens with zero attached hydrogens (tertiary/aromatic N) is 4. The topological polar surface area (TPSA) is 162 Å². The fourth-order valence-corrected chi connectivity index (χ4v) is 5.70. The third kappa shape index (κ3) is 3.71. The van der Waals surface area contributed by atoms with Crippen molar-refractivity contribution in [1.29, 1.82) is 0 Å². The van der Waals surface area contributed by atoms with Crippen LogP contribution < -0.4 is 5.32 Å². The fraction of sp³-hybridized carbons (Fsp3) is 0.500. The monoisotopic (exact) mass is 445 g/mol. The van der Waals surface area contributed by atoms with Gasteiger partial charge in [-0.25, -0.2) is 4.98 Å². The predicted molar refractivity (Wildman–Crippen MR) is 103 cm³/mol. The second-order valence-corrected chi connectivity index (χ2v) is 8.83. The zero-order chi connectivity index (χ0) is 20.5. The van der Waals surface area contributed by atoms with Gasteiger partial charge in [0.2, 0.25) is 5.91 Å². The van der Waals surface area contributed by atoms with Gasteiger partial charge in [0.05, 0.1) is 0 Å². The molecular weight excluding hydrogens is 430 g/mol. The Morgan fingerprint density at radius 2 is 2.21 bits per heavy atom. The van der Waals surface area contributed by atoms with E-state index in [9.17, 15) is 24.3 Å². The number of carbonyl (C=O) groups is 4. The highest BCUT2D eigenvalue weighted by Gasteiger charge is 2.57. The van der Waals surface area contributed by atoms with E-state index in [1.807, 2.05) is 0 Å². The number of rotatable bonds is 7. The van der Waals surface area contributed by atoms with Crippen molar-refractivity contribution in [3.05, 3.63) is 11.3 Å². The lowest BCUT2D eigenvalue weighted by Gasteiger charge is -2.53. The fourth-order valence-electron chi connectivity index (χ4n) is 2.77. The number of fused-ring (bicyclic) bond motifs is 1. The summed E-state index contributed by atoms with van der Waals surface area (Å²) in [6.45, 7) is -0.584. The molecule has 2 aliphatic heterocycles. The quantitative estimate of drug-likeness (QED) is 0.350. The minimum Gasteiger partial charge on any atom is -0.480 e. The Kier molecular flexibility index (Phi) is 5.90. The van der Waals surface area contributed by atoms with Crippen LogP contribution in [0, 0.1) is 0 Å². The van der Waals surface area contributed by atoms with Gasteiger partial charge in [-0.1, -0.05) is 0 Å². The maximum absolute atomic E-state index is 12.6. The summed E-state index contributed by atoms with van der Waals surface area (Å²) < 4.78 is 2.82. The molecule has 0 saturated carbocycles. The number of thioether (sulfide) groups is 2. The summed E-state index contributed by atoms with van der Waals surface area (Å²) in [7, 11) is 0. The van der Waals surface area contributed by atoms with E-state index in [2.05, 4.69) is 19.7 Å². The summed E-state index contributed by atoms with van der Waals surface area (Å²) in [6, 6.07) is -0.847. The summed E-state index contributed by atoms with van der Waals surface area (Å²) >= 11 is 3.43. The van der Waals surface area contributed by atoms with Crippen LogP contribution in [0.2, 0.25) is 0 Å². The molecule has 2 saturated heterocycles. The van der Waals surface area contributed by atoms with Gasteiger partial charge in [0.15, 0.2) is 11.5 Å². The summed E-state index contributed by atoms with van der Waals surface area (Å²) in [6.07, 6.45) is 1.69. The highest BCUT2D eigenvalue weighted by Crippen LogP contribution is 2.43. The van der Waals surface area contributed by atoms with Crippen LogP contribution >= 0.6 is 35.1 Å². The van der Waals surface area contributed by atoms with E-state index in [-0.39, 0.29) is 29.2 Å². The molecule has 0 bridgehead atoms. The van der Waals surface area contributed by atoms with Crippen molar-refractivity contribution in [2.45, 2.75) is 16.2 Å². The first-order valence-electron chi connectivity index (χ1n) is 7.83. The zero-order valence-electron chi connectivity index (χ0n) is 14.4. The number of aromatic nitrogens is 2. The summed E-state index contributed by atoms with van der Waals surface area (Å²) in [5, 5.41) is 20.4. The molecule has 0 aromatic carbocycles. The molecule has 2 unspecified atom stereocenters. The molecule has 0 radical (unpaired) electrons. The van der Waals surface area contributed by atoms with Gasteiger partial charge < -0.3 is 20.4 Å². The number of hydrogen-bond donors (Lipinski definition) is 3. The van der Waals surface area contributed by atoms with Crippen molar-refractivity contribution in [1.82, 2.24) is 19.6 Å². The molecule has 28 heavy (non-hydrogen) atoms. The molecule has 1 aromatic rings. The number of hydrogen-bond acceptors (Lipinski definition) is 10. The molecule has 150 valence electrons. The highest BCUT2D eigenvalue weighted by atomic mass is 32.2. The number of carboxylic acid groups (broad SMARTS) is 2. The highest BCUT2D eigenvalue weighted by molar-refractivity contribution is 8.04. The van der Waals surface area contributed by atoms with E-state index in [1.165, 1.54) is 33.9 Å². The summed E-state index contributed by atoms with van der Waals surface area (Å²) in [4.78, 5) is 56.4. The number of carbonyl (C=O) groups excluding carboxylic acids is 2. The van der Waals surface area contributed by atoms with Crippen molar-refractivity contribution >= 4 is 64.5 Å². The zero-order valence-corrected chi connectivity index (χ0v) is 16.8. The average Bonchev–Trinajstić information content (AvgIpc) is 3.19. The molecule has 2 amide bonds. The first kappa shape index (κ1) is 20.5. The van der Waals surface area contributed by atoms with Crippen LogP contribution in [0.15, 0.2) is 10.5 Å². The van der Waals surface area contributed by atoms with Gasteiger partial charge in [-0.05, 0) is 17.8 Å². The van der Waals surface area contributed by atoms with Gasteiger partial charge in [0.25, 0.3) is 5.91 Å². The molecule has 1 aromatic heterocycles. The van der Waals surface area contributed by atoms with E-state index in [4.69, 9.17) is 5.11 Å². The number of amides is 2. The minimum atomic E-state index is -1.23. The number of carboxylic acids is 2. The largest absolute Gasteiger partial charge is 0.480 e. The van der Waals surface area contributed by atoms with Gasteiger partial charge >= 0.3 is 11.9 Å². The van der Waals surface area contributed by atoms with Crippen LogP contribution in [0.1, 0.15) is 5.82 Å². The Bertz CT molecular complexity index is 847. The van der Waals surface area contributed by atoms with Crippen LogP contribution in [0.25, 0.3) is 0 Å². The molecule has 3 N–H and O–H groups in total. The van der Waals surface area contributed by atoms with Gasteiger partial charge in [0.1, 0.15) is 28.2 Å². The Morgan fingerprint density at radius 1 is 1.46 bits per heavy atom. The van der Waals surface area contributed by atoms with Crippen LogP contribution in [0.3, 0.4) is 0 Å². The molecule has 3 heterocycles. The SMILES string of the molecule is CSC1(C(=O)O)CS[C@@H]2C(NC(=O)C(=NCC(=O)O)c3ncsn3)C(=O)N2C1. The lowest BCUT2D eigenvalue weighted by atomic mass is 10.0. The van der Waals surface area contributed by atoms with Crippen molar-refractivity contribution in [3.63, 3.8) is 0 Å². The molecule has 0 spiro atoms. The van der Waals surface area contributed by atoms with E-state index in [1.54, 1.807) is 6.26 Å². The van der Waals surface area contributed by atoms with Crippen molar-refractivity contribution in [3.8, 4) is 0 Å². The Hall–Kier alpha value is -2.19. The first-order valence-corrected chi connectivity index (χ1v) is 10.9. The molecule has 11 nitrogen and oxygen atoms in total. The lowest BCUT2D eigenvalue weighted by Crippen LogP contribution is -2.74. The third-order valence-corrected chi connectivity index (χ3v) is 7.70. The normalized spacial score (nSPS) is 27.0. The number of aliphatic imine (C=N–C) groups is 1. The molecule has 2 aliphatic rings. The van der Waals surface area contributed by atoms with Crippen LogP contribution in [-0.4, -0.2) is 95.2 Å². The third-order valence-electron chi connectivity index (χ3n) is 4.28. The van der Waals surface area contributed by atoms with Crippen LogP contribution in [0.5, 0.6) is 0 Å². The minimum absolute atomic E-state index is 0.0176. The van der Waals surface area contributed by atoms with Crippen molar-refractivity contribution in [2.24, 2.45) is 4.99 Å². The molecule has 3 atom stereocenters. The van der Waals surface area contributed by atoms with Gasteiger partial charge in [-0.15, -0.1) is 23.5 Å². The van der Waals surface area contributed by atoms with Gasteiger partial charge in [0, 0.05) is 12.3 Å². The Morgan fingerprint density at radius 3 is 2.79 bits per heavy atom. The molecular formula is C14H15N5O6S3. The molecule has 2 fully saturated rings.